The normalized spacial score (nSPS) is 21.4. The average Bonchev–Trinajstić information content (AvgIpc) is 2.66. The van der Waals surface area contributed by atoms with E-state index in [-0.39, 0.29) is 5.41 Å². The van der Waals surface area contributed by atoms with E-state index in [4.69, 9.17) is 23.2 Å². The number of nitrogens with one attached hydrogen (secondary N) is 1. The third kappa shape index (κ3) is 1.42. The van der Waals surface area contributed by atoms with E-state index in [2.05, 4.69) is 17.5 Å². The molecule has 0 atom stereocenters. The van der Waals surface area contributed by atoms with E-state index in [1.54, 1.807) is 0 Å². The first-order valence-corrected chi connectivity index (χ1v) is 6.37. The molecule has 0 bridgehead atoms. The van der Waals surface area contributed by atoms with Crippen LogP contribution in [0.15, 0.2) is 18.2 Å². The van der Waals surface area contributed by atoms with Gasteiger partial charge in [-0.2, -0.15) is 0 Å². The van der Waals surface area contributed by atoms with E-state index >= 15 is 0 Å². The molecular formula is C13H13Cl2N. The van der Waals surface area contributed by atoms with Crippen LogP contribution < -0.4 is 5.32 Å². The highest BCUT2D eigenvalue weighted by Gasteiger charge is 2.38. The van der Waals surface area contributed by atoms with Gasteiger partial charge in [-0.1, -0.05) is 35.4 Å². The number of rotatable bonds is 0. The number of hydrogen-bond donors (Lipinski definition) is 1. The molecule has 1 heterocycles. The van der Waals surface area contributed by atoms with E-state index < -0.39 is 0 Å². The molecule has 0 amide bonds. The fraction of sp³-hybridized carbons (Fsp3) is 0.385. The Kier molecular flexibility index (Phi) is 2.50. The van der Waals surface area contributed by atoms with Crippen molar-refractivity contribution in [2.24, 2.45) is 0 Å². The van der Waals surface area contributed by atoms with Crippen molar-refractivity contribution in [3.8, 4) is 0 Å². The largest absolute Gasteiger partial charge is 0.317 e. The molecule has 16 heavy (non-hydrogen) atoms. The molecule has 0 radical (unpaired) electrons. The molecule has 1 aliphatic heterocycles. The summed E-state index contributed by atoms with van der Waals surface area (Å²) in [5, 5.41) is 5.06. The maximum absolute atomic E-state index is 6.35. The highest BCUT2D eigenvalue weighted by molar-refractivity contribution is 6.35. The second-order valence-electron chi connectivity index (χ2n) is 4.56. The molecular weight excluding hydrogens is 241 g/mol. The summed E-state index contributed by atoms with van der Waals surface area (Å²) in [7, 11) is 0. The third-order valence-electron chi connectivity index (χ3n) is 3.70. The van der Waals surface area contributed by atoms with Gasteiger partial charge in [0.05, 0.1) is 0 Å². The maximum Gasteiger partial charge on any atom is 0.0482 e. The van der Waals surface area contributed by atoms with Crippen LogP contribution in [0.4, 0.5) is 0 Å². The standard InChI is InChI=1S/C13H13Cl2N/c14-10-1-2-11(15)12-9(10)3-4-13(12)5-7-16-8-6-13/h1-4,16H,5-8H2. The van der Waals surface area contributed by atoms with Gasteiger partial charge in [0.15, 0.2) is 0 Å². The highest BCUT2D eigenvalue weighted by atomic mass is 35.5. The van der Waals surface area contributed by atoms with Crippen LogP contribution in [0.2, 0.25) is 10.0 Å². The summed E-state index contributed by atoms with van der Waals surface area (Å²) in [5.41, 5.74) is 2.49. The first-order valence-electron chi connectivity index (χ1n) is 5.61. The van der Waals surface area contributed by atoms with Crippen molar-refractivity contribution in [1.82, 2.24) is 5.32 Å². The Hall–Kier alpha value is -0.500. The maximum atomic E-state index is 6.35. The van der Waals surface area contributed by atoms with Crippen LogP contribution in [-0.2, 0) is 5.41 Å². The van der Waals surface area contributed by atoms with E-state index in [1.165, 1.54) is 5.56 Å². The summed E-state index contributed by atoms with van der Waals surface area (Å²) in [6, 6.07) is 3.80. The van der Waals surface area contributed by atoms with Gasteiger partial charge in [0.25, 0.3) is 0 Å². The Morgan fingerprint density at radius 1 is 1.06 bits per heavy atom. The van der Waals surface area contributed by atoms with Gasteiger partial charge in [-0.3, -0.25) is 0 Å². The fourth-order valence-corrected chi connectivity index (χ4v) is 3.43. The minimum absolute atomic E-state index is 0.128. The fourth-order valence-electron chi connectivity index (χ4n) is 2.85. The second-order valence-corrected chi connectivity index (χ2v) is 5.37. The van der Waals surface area contributed by atoms with Crippen molar-refractivity contribution in [2.45, 2.75) is 18.3 Å². The molecule has 3 heteroatoms. The number of allylic oxidation sites excluding steroid dienone is 1. The molecule has 2 aliphatic rings. The van der Waals surface area contributed by atoms with Crippen LogP contribution >= 0.6 is 23.2 Å². The minimum atomic E-state index is 0.128. The summed E-state index contributed by atoms with van der Waals surface area (Å²) in [6.45, 7) is 2.10. The molecule has 84 valence electrons. The molecule has 1 aliphatic carbocycles. The zero-order valence-corrected chi connectivity index (χ0v) is 10.4. The lowest BCUT2D eigenvalue weighted by Gasteiger charge is -2.34. The smallest absolute Gasteiger partial charge is 0.0482 e. The van der Waals surface area contributed by atoms with Crippen molar-refractivity contribution < 1.29 is 0 Å². The first-order chi connectivity index (χ1) is 7.73. The van der Waals surface area contributed by atoms with Crippen molar-refractivity contribution >= 4 is 29.3 Å². The van der Waals surface area contributed by atoms with Gasteiger partial charge in [0.1, 0.15) is 0 Å². The Morgan fingerprint density at radius 3 is 2.50 bits per heavy atom. The van der Waals surface area contributed by atoms with Crippen LogP contribution in [-0.4, -0.2) is 13.1 Å². The average molecular weight is 254 g/mol. The van der Waals surface area contributed by atoms with Crippen LogP contribution in [0.5, 0.6) is 0 Å². The Morgan fingerprint density at radius 2 is 1.75 bits per heavy atom. The van der Waals surface area contributed by atoms with Gasteiger partial charge in [-0.25, -0.2) is 0 Å². The Balaban J connectivity index is 2.17. The summed E-state index contributed by atoms with van der Waals surface area (Å²) in [4.78, 5) is 0. The summed E-state index contributed by atoms with van der Waals surface area (Å²) < 4.78 is 0. The zero-order chi connectivity index (χ0) is 11.2. The van der Waals surface area contributed by atoms with Gasteiger partial charge >= 0.3 is 0 Å². The predicted octanol–water partition coefficient (Wildman–Crippen LogP) is 3.64. The molecule has 0 unspecified atom stereocenters. The monoisotopic (exact) mass is 253 g/mol. The molecule has 3 rings (SSSR count). The molecule has 1 fully saturated rings. The highest BCUT2D eigenvalue weighted by Crippen LogP contribution is 2.47. The third-order valence-corrected chi connectivity index (χ3v) is 4.35. The van der Waals surface area contributed by atoms with Crippen LogP contribution in [0.3, 0.4) is 0 Å². The van der Waals surface area contributed by atoms with Gasteiger partial charge in [-0.15, -0.1) is 0 Å². The lowest BCUT2D eigenvalue weighted by atomic mass is 9.75. The van der Waals surface area contributed by atoms with E-state index in [1.807, 2.05) is 12.1 Å². The number of fused-ring (bicyclic) bond motifs is 2. The van der Waals surface area contributed by atoms with Crippen LogP contribution in [0.25, 0.3) is 6.08 Å². The Bertz CT molecular complexity index is 459. The number of benzene rings is 1. The summed E-state index contributed by atoms with van der Waals surface area (Å²) in [6.07, 6.45) is 6.64. The Labute approximate surface area is 105 Å². The molecule has 1 nitrogen and oxygen atoms in total. The topological polar surface area (TPSA) is 12.0 Å². The van der Waals surface area contributed by atoms with E-state index in [0.29, 0.717) is 0 Å². The summed E-state index contributed by atoms with van der Waals surface area (Å²) in [5.74, 6) is 0. The predicted molar refractivity (Wildman–Crippen MR) is 69.3 cm³/mol. The SMILES string of the molecule is Clc1ccc(Cl)c2c1C=CC21CCNCC1. The lowest BCUT2D eigenvalue weighted by Crippen LogP contribution is -2.37. The van der Waals surface area contributed by atoms with E-state index in [9.17, 15) is 0 Å². The molecule has 1 saturated heterocycles. The van der Waals surface area contributed by atoms with Crippen molar-refractivity contribution in [2.75, 3.05) is 13.1 Å². The number of piperidine rings is 1. The molecule has 1 spiro atoms. The molecule has 1 aromatic rings. The van der Waals surface area contributed by atoms with Gasteiger partial charge < -0.3 is 5.32 Å². The van der Waals surface area contributed by atoms with Gasteiger partial charge in [0.2, 0.25) is 0 Å². The van der Waals surface area contributed by atoms with Crippen molar-refractivity contribution in [3.63, 3.8) is 0 Å². The van der Waals surface area contributed by atoms with Crippen molar-refractivity contribution in [1.29, 1.82) is 0 Å². The lowest BCUT2D eigenvalue weighted by molar-refractivity contribution is 0.378. The van der Waals surface area contributed by atoms with Crippen LogP contribution in [0, 0.1) is 0 Å². The zero-order valence-electron chi connectivity index (χ0n) is 8.89. The van der Waals surface area contributed by atoms with Crippen molar-refractivity contribution in [3.05, 3.63) is 39.4 Å². The molecule has 0 saturated carbocycles. The van der Waals surface area contributed by atoms with Gasteiger partial charge in [-0.05, 0) is 49.2 Å². The number of halogens is 2. The van der Waals surface area contributed by atoms with E-state index in [0.717, 1.165) is 41.5 Å². The molecule has 0 aromatic heterocycles. The summed E-state index contributed by atoms with van der Waals surface area (Å²) >= 11 is 12.6. The molecule has 1 N–H and O–H groups in total. The molecule has 1 aromatic carbocycles. The quantitative estimate of drug-likeness (QED) is 0.745. The minimum Gasteiger partial charge on any atom is -0.317 e. The second kappa shape index (κ2) is 3.76. The first kappa shape index (κ1) is 10.6. The van der Waals surface area contributed by atoms with Gasteiger partial charge in [0, 0.05) is 15.5 Å². The number of hydrogen-bond acceptors (Lipinski definition) is 1. The van der Waals surface area contributed by atoms with Crippen LogP contribution in [0.1, 0.15) is 24.0 Å².